The summed E-state index contributed by atoms with van der Waals surface area (Å²) in [6.45, 7) is 5.80. The van der Waals surface area contributed by atoms with Crippen LogP contribution in [-0.2, 0) is 10.0 Å². The molecule has 1 aromatic carbocycles. The quantitative estimate of drug-likeness (QED) is 0.917. The highest BCUT2D eigenvalue weighted by Crippen LogP contribution is 2.23. The summed E-state index contributed by atoms with van der Waals surface area (Å²) in [5.41, 5.74) is 1.21. The van der Waals surface area contributed by atoms with E-state index < -0.39 is 10.0 Å². The summed E-state index contributed by atoms with van der Waals surface area (Å²) in [4.78, 5) is 0.277. The first kappa shape index (κ1) is 16.0. The minimum Gasteiger partial charge on any atom is -0.317 e. The topological polar surface area (TPSA) is 73.2 Å². The van der Waals surface area contributed by atoms with Gasteiger partial charge in [0.05, 0.1) is 16.5 Å². The van der Waals surface area contributed by atoms with E-state index in [1.54, 1.807) is 23.4 Å². The van der Waals surface area contributed by atoms with Crippen molar-refractivity contribution in [2.45, 2.75) is 37.6 Å². The smallest absolute Gasteiger partial charge is 0.243 e. The Morgan fingerprint density at radius 3 is 2.57 bits per heavy atom. The molecule has 0 saturated carbocycles. The first-order valence-electron chi connectivity index (χ1n) is 7.24. The van der Waals surface area contributed by atoms with Crippen molar-refractivity contribution in [2.24, 2.45) is 0 Å². The minimum absolute atomic E-state index is 0.0530. The fourth-order valence-corrected chi connectivity index (χ4v) is 4.56. The molecule has 0 aromatic heterocycles. The van der Waals surface area contributed by atoms with Crippen molar-refractivity contribution in [1.82, 2.24) is 9.62 Å². The molecule has 6 heteroatoms. The van der Waals surface area contributed by atoms with Gasteiger partial charge in [-0.25, -0.2) is 8.42 Å². The van der Waals surface area contributed by atoms with Crippen molar-refractivity contribution in [3.05, 3.63) is 29.3 Å². The molecule has 1 saturated heterocycles. The lowest BCUT2D eigenvalue weighted by Crippen LogP contribution is -2.45. The molecule has 0 amide bonds. The molecule has 21 heavy (non-hydrogen) atoms. The van der Waals surface area contributed by atoms with Crippen LogP contribution in [0.25, 0.3) is 0 Å². The third-order valence-corrected chi connectivity index (χ3v) is 5.98. The van der Waals surface area contributed by atoms with E-state index in [4.69, 9.17) is 5.26 Å². The first-order valence-corrected chi connectivity index (χ1v) is 8.68. The fourth-order valence-electron chi connectivity index (χ4n) is 2.78. The normalized spacial score (nSPS) is 16.9. The molecule has 0 spiro atoms. The number of benzene rings is 1. The molecular weight excluding hydrogens is 286 g/mol. The number of nitrogens with zero attached hydrogens (tertiary/aromatic N) is 2. The lowest BCUT2D eigenvalue weighted by atomic mass is 10.1. The molecule has 1 fully saturated rings. The van der Waals surface area contributed by atoms with Gasteiger partial charge in [0, 0.05) is 12.6 Å². The number of hydrogen-bond donors (Lipinski definition) is 1. The van der Waals surface area contributed by atoms with Gasteiger partial charge in [-0.15, -0.1) is 0 Å². The van der Waals surface area contributed by atoms with E-state index in [-0.39, 0.29) is 10.9 Å². The van der Waals surface area contributed by atoms with Gasteiger partial charge in [-0.2, -0.15) is 9.57 Å². The maximum atomic E-state index is 12.8. The predicted octanol–water partition coefficient (Wildman–Crippen LogP) is 1.63. The Balaban J connectivity index is 2.35. The Labute approximate surface area is 126 Å². The van der Waals surface area contributed by atoms with E-state index in [0.717, 1.165) is 25.9 Å². The van der Waals surface area contributed by atoms with E-state index in [2.05, 4.69) is 11.4 Å². The second-order valence-corrected chi connectivity index (χ2v) is 7.17. The van der Waals surface area contributed by atoms with Crippen LogP contribution in [0.4, 0.5) is 0 Å². The molecule has 0 radical (unpaired) electrons. The lowest BCUT2D eigenvalue weighted by Gasteiger charge is -2.33. The average Bonchev–Trinajstić information content (AvgIpc) is 2.48. The summed E-state index contributed by atoms with van der Waals surface area (Å²) in [7, 11) is -3.50. The summed E-state index contributed by atoms with van der Waals surface area (Å²) >= 11 is 0. The SMILES string of the molecule is CCN(C1CCNCC1)S(=O)(=O)c1ccc(C#N)c(C)c1. The maximum absolute atomic E-state index is 12.8. The second kappa shape index (κ2) is 6.56. The van der Waals surface area contributed by atoms with Crippen LogP contribution in [0.3, 0.4) is 0 Å². The third-order valence-electron chi connectivity index (χ3n) is 3.95. The van der Waals surface area contributed by atoms with Crippen molar-refractivity contribution >= 4 is 10.0 Å². The zero-order chi connectivity index (χ0) is 15.5. The number of hydrogen-bond acceptors (Lipinski definition) is 4. The number of rotatable bonds is 4. The molecule has 0 bridgehead atoms. The second-order valence-electron chi connectivity index (χ2n) is 5.28. The maximum Gasteiger partial charge on any atom is 0.243 e. The monoisotopic (exact) mass is 307 g/mol. The Bertz CT molecular complexity index is 643. The fraction of sp³-hybridized carbons (Fsp3) is 0.533. The van der Waals surface area contributed by atoms with Crippen LogP contribution in [-0.4, -0.2) is 38.4 Å². The van der Waals surface area contributed by atoms with Gasteiger partial charge in [0.2, 0.25) is 10.0 Å². The Kier molecular flexibility index (Phi) is 4.99. The average molecular weight is 307 g/mol. The lowest BCUT2D eigenvalue weighted by molar-refractivity contribution is 0.271. The van der Waals surface area contributed by atoms with Crippen molar-refractivity contribution in [2.75, 3.05) is 19.6 Å². The van der Waals surface area contributed by atoms with Gasteiger partial charge in [-0.1, -0.05) is 6.92 Å². The Hall–Kier alpha value is -1.42. The molecule has 2 rings (SSSR count). The molecule has 1 aromatic rings. The zero-order valence-electron chi connectivity index (χ0n) is 12.5. The van der Waals surface area contributed by atoms with Gasteiger partial charge >= 0.3 is 0 Å². The van der Waals surface area contributed by atoms with Crippen LogP contribution in [0.5, 0.6) is 0 Å². The minimum atomic E-state index is -3.50. The molecule has 114 valence electrons. The molecule has 1 aliphatic heterocycles. The molecule has 1 aliphatic rings. The summed E-state index contributed by atoms with van der Waals surface area (Å²) in [5, 5.41) is 12.2. The van der Waals surface area contributed by atoms with Crippen LogP contribution in [0.2, 0.25) is 0 Å². The van der Waals surface area contributed by atoms with E-state index in [9.17, 15) is 8.42 Å². The molecule has 1 N–H and O–H groups in total. The number of aryl methyl sites for hydroxylation is 1. The van der Waals surface area contributed by atoms with Crippen LogP contribution in [0.1, 0.15) is 30.9 Å². The van der Waals surface area contributed by atoms with Crippen molar-refractivity contribution in [3.8, 4) is 6.07 Å². The number of piperidine rings is 1. The molecule has 0 unspecified atom stereocenters. The van der Waals surface area contributed by atoms with Gasteiger partial charge in [0.25, 0.3) is 0 Å². The number of nitrogens with one attached hydrogen (secondary N) is 1. The molecular formula is C15H21N3O2S. The van der Waals surface area contributed by atoms with Crippen LogP contribution < -0.4 is 5.32 Å². The summed E-state index contributed by atoms with van der Waals surface area (Å²) in [6, 6.07) is 6.83. The highest BCUT2D eigenvalue weighted by atomic mass is 32.2. The molecule has 0 atom stereocenters. The van der Waals surface area contributed by atoms with Crippen LogP contribution in [0, 0.1) is 18.3 Å². The zero-order valence-corrected chi connectivity index (χ0v) is 13.3. The molecule has 5 nitrogen and oxygen atoms in total. The standard InChI is InChI=1S/C15H21N3O2S/c1-3-18(14-6-8-17-9-7-14)21(19,20)15-5-4-13(11-16)12(2)10-15/h4-5,10,14,17H,3,6-9H2,1-2H3. The Morgan fingerprint density at radius 1 is 1.38 bits per heavy atom. The summed E-state index contributed by atoms with van der Waals surface area (Å²) < 4.78 is 27.3. The van der Waals surface area contributed by atoms with E-state index in [1.807, 2.05) is 6.92 Å². The molecule has 0 aliphatic carbocycles. The van der Waals surface area contributed by atoms with Crippen LogP contribution in [0.15, 0.2) is 23.1 Å². The van der Waals surface area contributed by atoms with Gasteiger partial charge in [0.15, 0.2) is 0 Å². The largest absolute Gasteiger partial charge is 0.317 e. The van der Waals surface area contributed by atoms with E-state index in [1.165, 1.54) is 6.07 Å². The van der Waals surface area contributed by atoms with Gasteiger partial charge in [-0.05, 0) is 56.6 Å². The summed E-state index contributed by atoms with van der Waals surface area (Å²) in [6.07, 6.45) is 1.67. The van der Waals surface area contributed by atoms with Crippen molar-refractivity contribution in [3.63, 3.8) is 0 Å². The third kappa shape index (κ3) is 3.26. The highest BCUT2D eigenvalue weighted by Gasteiger charge is 2.31. The van der Waals surface area contributed by atoms with Crippen molar-refractivity contribution < 1.29 is 8.42 Å². The Morgan fingerprint density at radius 2 is 2.05 bits per heavy atom. The number of nitriles is 1. The van der Waals surface area contributed by atoms with Crippen LogP contribution >= 0.6 is 0 Å². The predicted molar refractivity (Wildman–Crippen MR) is 81.4 cm³/mol. The highest BCUT2D eigenvalue weighted by molar-refractivity contribution is 7.89. The van der Waals surface area contributed by atoms with E-state index >= 15 is 0 Å². The van der Waals surface area contributed by atoms with E-state index in [0.29, 0.717) is 17.7 Å². The number of sulfonamides is 1. The summed E-state index contributed by atoms with van der Waals surface area (Å²) in [5.74, 6) is 0. The van der Waals surface area contributed by atoms with Gasteiger partial charge in [0.1, 0.15) is 0 Å². The van der Waals surface area contributed by atoms with Crippen molar-refractivity contribution in [1.29, 1.82) is 5.26 Å². The van der Waals surface area contributed by atoms with Gasteiger partial charge in [-0.3, -0.25) is 0 Å². The molecule has 1 heterocycles. The van der Waals surface area contributed by atoms with Gasteiger partial charge < -0.3 is 5.32 Å². The first-order chi connectivity index (χ1) is 10.0.